The average molecular weight is 318 g/mol. The van der Waals surface area contributed by atoms with E-state index in [9.17, 15) is 4.39 Å². The molecule has 1 aromatic heterocycles. The van der Waals surface area contributed by atoms with Crippen molar-refractivity contribution in [2.24, 2.45) is 0 Å². The van der Waals surface area contributed by atoms with Crippen molar-refractivity contribution >= 4 is 22.9 Å². The van der Waals surface area contributed by atoms with Gasteiger partial charge in [-0.3, -0.25) is 0 Å². The van der Waals surface area contributed by atoms with Gasteiger partial charge < -0.3 is 0 Å². The van der Waals surface area contributed by atoms with E-state index >= 15 is 0 Å². The lowest BCUT2D eigenvalue weighted by molar-refractivity contribution is 0.619. The third-order valence-corrected chi connectivity index (χ3v) is 4.80. The van der Waals surface area contributed by atoms with Gasteiger partial charge >= 0.3 is 0 Å². The van der Waals surface area contributed by atoms with E-state index in [1.165, 1.54) is 6.07 Å². The monoisotopic (exact) mass is 317 g/mol. The van der Waals surface area contributed by atoms with Gasteiger partial charge in [0.15, 0.2) is 0 Å². The Morgan fingerprint density at radius 2 is 1.86 bits per heavy atom. The first kappa shape index (κ1) is 14.2. The molecule has 0 saturated carbocycles. The van der Waals surface area contributed by atoms with Crippen molar-refractivity contribution < 1.29 is 4.39 Å². The molecule has 1 nitrogen and oxygen atoms in total. The van der Waals surface area contributed by atoms with Gasteiger partial charge in [-0.25, -0.2) is 9.37 Å². The van der Waals surface area contributed by atoms with Crippen LogP contribution in [0.15, 0.2) is 48.5 Å². The van der Waals surface area contributed by atoms with Crippen LogP contribution >= 0.6 is 22.9 Å². The van der Waals surface area contributed by atoms with Gasteiger partial charge in [0, 0.05) is 16.0 Å². The third-order valence-electron chi connectivity index (χ3n) is 3.27. The Morgan fingerprint density at radius 1 is 1.10 bits per heavy atom. The van der Waals surface area contributed by atoms with Gasteiger partial charge in [0.1, 0.15) is 10.8 Å². The minimum Gasteiger partial charge on any atom is -0.236 e. The second kappa shape index (κ2) is 5.96. The standard InChI is InChI=1S/C17H13ClFNS/c1-11-9-13(7-8-14(11)19)16-15(10-18)21-17(20-16)12-5-3-2-4-6-12/h2-9H,10H2,1H3. The second-order valence-corrected chi connectivity index (χ2v) is 6.11. The Morgan fingerprint density at radius 3 is 2.52 bits per heavy atom. The molecule has 0 aliphatic carbocycles. The molecular weight excluding hydrogens is 305 g/mol. The summed E-state index contributed by atoms with van der Waals surface area (Å²) in [5, 5.41) is 0.934. The maximum Gasteiger partial charge on any atom is 0.126 e. The average Bonchev–Trinajstić information content (AvgIpc) is 2.95. The normalized spacial score (nSPS) is 10.8. The predicted octanol–water partition coefficient (Wildman–Crippen LogP) is 5.66. The number of thiazole rings is 1. The first-order valence-corrected chi connectivity index (χ1v) is 7.91. The van der Waals surface area contributed by atoms with E-state index in [0.717, 1.165) is 26.7 Å². The molecule has 0 bridgehead atoms. The summed E-state index contributed by atoms with van der Waals surface area (Å²) in [6.45, 7) is 1.75. The van der Waals surface area contributed by atoms with Crippen LogP contribution in [0.5, 0.6) is 0 Å². The molecule has 1 heterocycles. The number of benzene rings is 2. The number of alkyl halides is 1. The Kier molecular flexibility index (Phi) is 4.04. The molecule has 106 valence electrons. The highest BCUT2D eigenvalue weighted by molar-refractivity contribution is 7.15. The third kappa shape index (κ3) is 2.85. The zero-order chi connectivity index (χ0) is 14.8. The second-order valence-electron chi connectivity index (χ2n) is 4.75. The summed E-state index contributed by atoms with van der Waals surface area (Å²) in [7, 11) is 0. The summed E-state index contributed by atoms with van der Waals surface area (Å²) in [4.78, 5) is 5.71. The molecule has 21 heavy (non-hydrogen) atoms. The number of hydrogen-bond acceptors (Lipinski definition) is 2. The van der Waals surface area contributed by atoms with Crippen LogP contribution in [-0.2, 0) is 5.88 Å². The summed E-state index contributed by atoms with van der Waals surface area (Å²) in [6.07, 6.45) is 0. The summed E-state index contributed by atoms with van der Waals surface area (Å²) in [5.74, 6) is 0.195. The largest absolute Gasteiger partial charge is 0.236 e. The minimum absolute atomic E-state index is 0.204. The van der Waals surface area contributed by atoms with Crippen LogP contribution < -0.4 is 0 Å². The molecule has 0 aliphatic heterocycles. The summed E-state index contributed by atoms with van der Waals surface area (Å²) in [5.41, 5.74) is 3.43. The fraction of sp³-hybridized carbons (Fsp3) is 0.118. The highest BCUT2D eigenvalue weighted by atomic mass is 35.5. The van der Waals surface area contributed by atoms with Crippen LogP contribution in [0.1, 0.15) is 10.4 Å². The number of hydrogen-bond donors (Lipinski definition) is 0. The lowest BCUT2D eigenvalue weighted by atomic mass is 10.1. The molecule has 0 fully saturated rings. The van der Waals surface area contributed by atoms with Crippen LogP contribution in [0.4, 0.5) is 4.39 Å². The van der Waals surface area contributed by atoms with Crippen molar-refractivity contribution in [2.75, 3.05) is 0 Å². The maximum atomic E-state index is 13.4. The molecule has 0 amide bonds. The van der Waals surface area contributed by atoms with Crippen LogP contribution in [0, 0.1) is 12.7 Å². The van der Waals surface area contributed by atoms with Gasteiger partial charge in [-0.05, 0) is 30.7 Å². The van der Waals surface area contributed by atoms with Crippen molar-refractivity contribution in [2.45, 2.75) is 12.8 Å². The Hall–Kier alpha value is -1.71. The number of rotatable bonds is 3. The molecule has 0 spiro atoms. The zero-order valence-electron chi connectivity index (χ0n) is 11.4. The van der Waals surface area contributed by atoms with Gasteiger partial charge in [0.05, 0.1) is 11.6 Å². The van der Waals surface area contributed by atoms with Crippen LogP contribution in [-0.4, -0.2) is 4.98 Å². The molecule has 0 saturated heterocycles. The SMILES string of the molecule is Cc1cc(-c2nc(-c3ccccc3)sc2CCl)ccc1F. The molecule has 0 N–H and O–H groups in total. The number of aromatic nitrogens is 1. The summed E-state index contributed by atoms with van der Waals surface area (Å²) >= 11 is 7.63. The van der Waals surface area contributed by atoms with Crippen molar-refractivity contribution in [1.29, 1.82) is 0 Å². The van der Waals surface area contributed by atoms with E-state index in [2.05, 4.69) is 0 Å². The first-order chi connectivity index (χ1) is 10.2. The lowest BCUT2D eigenvalue weighted by Gasteiger charge is -2.02. The number of halogens is 2. The fourth-order valence-electron chi connectivity index (χ4n) is 2.16. The van der Waals surface area contributed by atoms with Gasteiger partial charge in [-0.15, -0.1) is 22.9 Å². The molecule has 4 heteroatoms. The lowest BCUT2D eigenvalue weighted by Crippen LogP contribution is -1.87. The molecular formula is C17H13ClFNS. The van der Waals surface area contributed by atoms with Crippen molar-refractivity contribution in [3.05, 3.63) is 64.8 Å². The minimum atomic E-state index is -0.204. The smallest absolute Gasteiger partial charge is 0.126 e. The topological polar surface area (TPSA) is 12.9 Å². The molecule has 0 radical (unpaired) electrons. The van der Waals surface area contributed by atoms with Gasteiger partial charge in [-0.1, -0.05) is 30.3 Å². The molecule has 3 aromatic rings. The van der Waals surface area contributed by atoms with E-state index in [1.807, 2.05) is 36.4 Å². The first-order valence-electron chi connectivity index (χ1n) is 6.56. The zero-order valence-corrected chi connectivity index (χ0v) is 13.0. The Balaban J connectivity index is 2.10. The van der Waals surface area contributed by atoms with Gasteiger partial charge in [-0.2, -0.15) is 0 Å². The van der Waals surface area contributed by atoms with Crippen molar-refractivity contribution in [3.8, 4) is 21.8 Å². The molecule has 0 aliphatic rings. The molecule has 0 atom stereocenters. The summed E-state index contributed by atoms with van der Waals surface area (Å²) < 4.78 is 13.4. The Labute approximate surface area is 132 Å². The summed E-state index contributed by atoms with van der Waals surface area (Å²) in [6, 6.07) is 15.0. The number of nitrogens with zero attached hydrogens (tertiary/aromatic N) is 1. The van der Waals surface area contributed by atoms with Crippen molar-refractivity contribution in [3.63, 3.8) is 0 Å². The quantitative estimate of drug-likeness (QED) is 0.568. The highest BCUT2D eigenvalue weighted by Gasteiger charge is 2.14. The van der Waals surface area contributed by atoms with E-state index in [0.29, 0.717) is 11.4 Å². The van der Waals surface area contributed by atoms with Gasteiger partial charge in [0.2, 0.25) is 0 Å². The fourth-order valence-corrected chi connectivity index (χ4v) is 3.39. The Bertz CT molecular complexity index is 768. The van der Waals surface area contributed by atoms with Crippen molar-refractivity contribution in [1.82, 2.24) is 4.98 Å². The molecule has 0 unspecified atom stereocenters. The van der Waals surface area contributed by atoms with Crippen LogP contribution in [0.3, 0.4) is 0 Å². The van der Waals surface area contributed by atoms with E-state index < -0.39 is 0 Å². The predicted molar refractivity (Wildman–Crippen MR) is 87.2 cm³/mol. The van der Waals surface area contributed by atoms with E-state index in [1.54, 1.807) is 24.3 Å². The molecule has 3 rings (SSSR count). The highest BCUT2D eigenvalue weighted by Crippen LogP contribution is 2.35. The van der Waals surface area contributed by atoms with E-state index in [-0.39, 0.29) is 5.82 Å². The molecule has 2 aromatic carbocycles. The van der Waals surface area contributed by atoms with E-state index in [4.69, 9.17) is 16.6 Å². The van der Waals surface area contributed by atoms with Gasteiger partial charge in [0.25, 0.3) is 0 Å². The maximum absolute atomic E-state index is 13.4. The number of aryl methyl sites for hydroxylation is 1. The van der Waals surface area contributed by atoms with Crippen LogP contribution in [0.25, 0.3) is 21.8 Å². The van der Waals surface area contributed by atoms with Crippen LogP contribution in [0.2, 0.25) is 0 Å².